The molecule has 9 nitrogen and oxygen atoms in total. The molecule has 0 radical (unpaired) electrons. The zero-order chi connectivity index (χ0) is 22.4. The highest BCUT2D eigenvalue weighted by molar-refractivity contribution is 6.16. The van der Waals surface area contributed by atoms with Gasteiger partial charge in [-0.3, -0.25) is 4.79 Å². The van der Waals surface area contributed by atoms with Gasteiger partial charge in [-0.2, -0.15) is 0 Å². The summed E-state index contributed by atoms with van der Waals surface area (Å²) in [6, 6.07) is 7.34. The molecule has 164 valence electrons. The first-order valence-electron chi connectivity index (χ1n) is 9.63. The van der Waals surface area contributed by atoms with Gasteiger partial charge in [-0.15, -0.1) is 0 Å². The lowest BCUT2D eigenvalue weighted by Crippen LogP contribution is -2.58. The minimum Gasteiger partial charge on any atom is -0.508 e. The van der Waals surface area contributed by atoms with Crippen LogP contribution in [0.5, 0.6) is 23.0 Å². The first-order chi connectivity index (χ1) is 14.7. The van der Waals surface area contributed by atoms with Crippen LogP contribution in [0.4, 0.5) is 0 Å². The van der Waals surface area contributed by atoms with Gasteiger partial charge in [-0.1, -0.05) is 12.1 Å². The molecule has 5 atom stereocenters. The van der Waals surface area contributed by atoms with Crippen molar-refractivity contribution in [2.75, 3.05) is 0 Å². The SMILES string of the molecule is Cc1c(O)cc(O[C@H]2O[C@@H](C)[C@@H](O)[C@H](O)[C@@H]2O)c2c1OC(=Cc1ccc(O)cc1)C2=O. The number of ketones is 1. The van der Waals surface area contributed by atoms with Crippen LogP contribution < -0.4 is 9.47 Å². The van der Waals surface area contributed by atoms with Crippen LogP contribution >= 0.6 is 0 Å². The number of ether oxygens (including phenoxy) is 3. The van der Waals surface area contributed by atoms with E-state index in [1.54, 1.807) is 19.1 Å². The fourth-order valence-corrected chi connectivity index (χ4v) is 3.49. The van der Waals surface area contributed by atoms with Crippen LogP contribution in [-0.4, -0.2) is 62.0 Å². The summed E-state index contributed by atoms with van der Waals surface area (Å²) >= 11 is 0. The Morgan fingerprint density at radius 2 is 1.71 bits per heavy atom. The molecular formula is C22H22O9. The summed E-state index contributed by atoms with van der Waals surface area (Å²) in [4.78, 5) is 13.1. The molecule has 2 heterocycles. The molecule has 2 aliphatic rings. The summed E-state index contributed by atoms with van der Waals surface area (Å²) in [6.45, 7) is 3.07. The lowest BCUT2D eigenvalue weighted by Gasteiger charge is -2.39. The first-order valence-corrected chi connectivity index (χ1v) is 9.63. The zero-order valence-corrected chi connectivity index (χ0v) is 16.7. The standard InChI is InChI=1S/C22H22O9/c1-9-13(24)8-14(31-22-20(28)19(27)17(25)10(2)29-22)16-18(26)15(30-21(9)16)7-11-3-5-12(23)6-4-11/h3-8,10,17,19-20,22-25,27-28H,1-2H3/t10-,17+,19-,20-,22+/m0/s1. The second-order valence-corrected chi connectivity index (χ2v) is 7.55. The molecule has 2 aliphatic heterocycles. The first kappa shape index (κ1) is 21.1. The van der Waals surface area contributed by atoms with Crippen molar-refractivity contribution < 1.29 is 44.5 Å². The van der Waals surface area contributed by atoms with E-state index in [1.165, 1.54) is 31.2 Å². The molecule has 31 heavy (non-hydrogen) atoms. The molecule has 2 aromatic rings. The maximum Gasteiger partial charge on any atom is 0.235 e. The van der Waals surface area contributed by atoms with Gasteiger partial charge in [0.25, 0.3) is 0 Å². The normalized spacial score (nSPS) is 29.0. The zero-order valence-electron chi connectivity index (χ0n) is 16.7. The quantitative estimate of drug-likeness (QED) is 0.454. The largest absolute Gasteiger partial charge is 0.508 e. The summed E-state index contributed by atoms with van der Waals surface area (Å²) in [5.41, 5.74) is 0.957. The number of fused-ring (bicyclic) bond motifs is 1. The number of Topliss-reactive ketones (excluding diaryl/α,β-unsaturated/α-hetero) is 1. The predicted octanol–water partition coefficient (Wildman–Crippen LogP) is 1.23. The third-order valence-electron chi connectivity index (χ3n) is 5.37. The van der Waals surface area contributed by atoms with Gasteiger partial charge in [0, 0.05) is 11.6 Å². The Kier molecular flexibility index (Phi) is 5.36. The van der Waals surface area contributed by atoms with Crippen molar-refractivity contribution >= 4 is 11.9 Å². The molecule has 1 saturated heterocycles. The number of carbonyl (C=O) groups excluding carboxylic acids is 1. The van der Waals surface area contributed by atoms with Crippen LogP contribution in [0.2, 0.25) is 0 Å². The Labute approximate surface area is 177 Å². The molecule has 5 N–H and O–H groups in total. The summed E-state index contributed by atoms with van der Waals surface area (Å²) < 4.78 is 16.8. The summed E-state index contributed by atoms with van der Waals surface area (Å²) in [7, 11) is 0. The third kappa shape index (κ3) is 3.72. The lowest BCUT2D eigenvalue weighted by molar-refractivity contribution is -0.268. The second kappa shape index (κ2) is 7.86. The molecule has 1 fully saturated rings. The Bertz CT molecular complexity index is 1040. The molecule has 0 amide bonds. The number of benzene rings is 2. The summed E-state index contributed by atoms with van der Waals surface area (Å²) in [5.74, 6) is -0.659. The van der Waals surface area contributed by atoms with Crippen LogP contribution in [0.3, 0.4) is 0 Å². The maximum atomic E-state index is 13.1. The van der Waals surface area contributed by atoms with Crippen molar-refractivity contribution in [2.45, 2.75) is 44.6 Å². The van der Waals surface area contributed by atoms with Gasteiger partial charge < -0.3 is 39.7 Å². The van der Waals surface area contributed by atoms with Crippen molar-refractivity contribution in [1.29, 1.82) is 0 Å². The summed E-state index contributed by atoms with van der Waals surface area (Å²) in [5, 5.41) is 49.8. The highest BCUT2D eigenvalue weighted by atomic mass is 16.7. The van der Waals surface area contributed by atoms with Gasteiger partial charge in [0.15, 0.2) is 5.76 Å². The average Bonchev–Trinajstić information content (AvgIpc) is 3.06. The highest BCUT2D eigenvalue weighted by Gasteiger charge is 2.44. The Hall–Kier alpha value is -3.11. The van der Waals surface area contributed by atoms with Crippen molar-refractivity contribution in [2.24, 2.45) is 0 Å². The van der Waals surface area contributed by atoms with Crippen molar-refractivity contribution in [1.82, 2.24) is 0 Å². The van der Waals surface area contributed by atoms with E-state index in [0.29, 0.717) is 11.1 Å². The number of aromatic hydroxyl groups is 2. The molecule has 4 rings (SSSR count). The van der Waals surface area contributed by atoms with E-state index < -0.39 is 36.5 Å². The van der Waals surface area contributed by atoms with Crippen LogP contribution in [-0.2, 0) is 4.74 Å². The predicted molar refractivity (Wildman–Crippen MR) is 107 cm³/mol. The fourth-order valence-electron chi connectivity index (χ4n) is 3.49. The molecule has 0 aromatic heterocycles. The van der Waals surface area contributed by atoms with E-state index >= 15 is 0 Å². The van der Waals surface area contributed by atoms with Crippen molar-refractivity contribution in [3.8, 4) is 23.0 Å². The smallest absolute Gasteiger partial charge is 0.235 e. The van der Waals surface area contributed by atoms with Gasteiger partial charge in [0.05, 0.1) is 6.10 Å². The number of aliphatic hydroxyl groups excluding tert-OH is 3. The number of carbonyl (C=O) groups is 1. The Morgan fingerprint density at radius 3 is 2.39 bits per heavy atom. The van der Waals surface area contributed by atoms with Gasteiger partial charge in [0.1, 0.15) is 46.9 Å². The molecule has 0 bridgehead atoms. The second-order valence-electron chi connectivity index (χ2n) is 7.55. The third-order valence-corrected chi connectivity index (χ3v) is 5.37. The number of phenolic OH excluding ortho intramolecular Hbond substituents is 2. The van der Waals surface area contributed by atoms with E-state index in [1.807, 2.05) is 0 Å². The lowest BCUT2D eigenvalue weighted by atomic mass is 10.00. The number of phenols is 2. The number of hydrogen-bond donors (Lipinski definition) is 5. The van der Waals surface area contributed by atoms with E-state index in [-0.39, 0.29) is 34.3 Å². The molecule has 0 spiro atoms. The Balaban J connectivity index is 1.69. The van der Waals surface area contributed by atoms with Gasteiger partial charge in [-0.25, -0.2) is 0 Å². The highest BCUT2D eigenvalue weighted by Crippen LogP contribution is 2.45. The number of rotatable bonds is 3. The summed E-state index contributed by atoms with van der Waals surface area (Å²) in [6.07, 6.45) is -5.16. The van der Waals surface area contributed by atoms with Gasteiger partial charge in [0.2, 0.25) is 12.1 Å². The van der Waals surface area contributed by atoms with E-state index in [9.17, 15) is 30.3 Å². The van der Waals surface area contributed by atoms with Crippen molar-refractivity contribution in [3.05, 3.63) is 52.8 Å². The molecule has 0 saturated carbocycles. The molecule has 0 aliphatic carbocycles. The monoisotopic (exact) mass is 430 g/mol. The van der Waals surface area contributed by atoms with Gasteiger partial charge in [-0.05, 0) is 37.6 Å². The van der Waals surface area contributed by atoms with Crippen LogP contribution in [0, 0.1) is 6.92 Å². The minimum absolute atomic E-state index is 0.0202. The Morgan fingerprint density at radius 1 is 1.03 bits per heavy atom. The fraction of sp³-hybridized carbons (Fsp3) is 0.318. The van der Waals surface area contributed by atoms with E-state index in [0.717, 1.165) is 0 Å². The van der Waals surface area contributed by atoms with Crippen LogP contribution in [0.15, 0.2) is 36.1 Å². The maximum absolute atomic E-state index is 13.1. The number of aliphatic hydroxyl groups is 3. The van der Waals surface area contributed by atoms with Crippen LogP contribution in [0.25, 0.3) is 6.08 Å². The molecular weight excluding hydrogens is 408 g/mol. The van der Waals surface area contributed by atoms with Crippen LogP contribution in [0.1, 0.15) is 28.4 Å². The number of allylic oxidation sites excluding steroid dienone is 1. The molecule has 9 heteroatoms. The van der Waals surface area contributed by atoms with Gasteiger partial charge >= 0.3 is 0 Å². The molecule has 0 unspecified atom stereocenters. The topological polar surface area (TPSA) is 146 Å². The molecule has 2 aromatic carbocycles. The van der Waals surface area contributed by atoms with E-state index in [2.05, 4.69) is 0 Å². The number of hydrogen-bond acceptors (Lipinski definition) is 9. The van der Waals surface area contributed by atoms with E-state index in [4.69, 9.17) is 14.2 Å². The minimum atomic E-state index is -1.59. The van der Waals surface area contributed by atoms with Crippen molar-refractivity contribution in [3.63, 3.8) is 0 Å². The average molecular weight is 430 g/mol.